The molecule has 0 spiro atoms. The second-order valence-electron chi connectivity index (χ2n) is 5.88. The van der Waals surface area contributed by atoms with Gasteiger partial charge >= 0.3 is 0 Å². The maximum absolute atomic E-state index is 12.2. The van der Waals surface area contributed by atoms with Crippen LogP contribution in [0.1, 0.15) is 23.1 Å². The van der Waals surface area contributed by atoms with Crippen LogP contribution >= 0.6 is 12.4 Å². The van der Waals surface area contributed by atoms with Gasteiger partial charge in [0, 0.05) is 18.3 Å². The van der Waals surface area contributed by atoms with Crippen LogP contribution in [0.25, 0.3) is 0 Å². The Hall–Kier alpha value is -1.10. The first kappa shape index (κ1) is 18.0. The summed E-state index contributed by atoms with van der Waals surface area (Å²) in [7, 11) is 2.02. The van der Waals surface area contributed by atoms with Gasteiger partial charge in [-0.25, -0.2) is 0 Å². The fraction of sp³-hybridized carbons (Fsp3) is 0.562. The van der Waals surface area contributed by atoms with E-state index in [-0.39, 0.29) is 18.3 Å². The molecule has 4 nitrogen and oxygen atoms in total. The molecule has 0 aliphatic carbocycles. The summed E-state index contributed by atoms with van der Waals surface area (Å²) in [6, 6.07) is 4.68. The molecule has 1 amide bonds. The van der Waals surface area contributed by atoms with Crippen molar-refractivity contribution in [3.8, 4) is 0 Å². The number of rotatable bonds is 4. The normalized spacial score (nSPS) is 17.7. The smallest absolute Gasteiger partial charge is 0.238 e. The maximum Gasteiger partial charge on any atom is 0.238 e. The number of benzene rings is 1. The number of nitrogens with one attached hydrogen (secondary N) is 2. The molecule has 1 heterocycles. The number of hydrogen-bond donors (Lipinski definition) is 2. The zero-order chi connectivity index (χ0) is 14.7. The Morgan fingerprint density at radius 2 is 1.95 bits per heavy atom. The van der Waals surface area contributed by atoms with Crippen LogP contribution in [0.3, 0.4) is 0 Å². The van der Waals surface area contributed by atoms with Gasteiger partial charge in [-0.05, 0) is 51.9 Å². The van der Waals surface area contributed by atoms with E-state index in [0.29, 0.717) is 12.6 Å². The average Bonchev–Trinajstić information content (AvgIpc) is 2.87. The van der Waals surface area contributed by atoms with Gasteiger partial charge in [-0.2, -0.15) is 0 Å². The molecule has 0 bridgehead atoms. The molecule has 1 atom stereocenters. The van der Waals surface area contributed by atoms with E-state index in [9.17, 15) is 4.79 Å². The monoisotopic (exact) mass is 311 g/mol. The van der Waals surface area contributed by atoms with Crippen molar-refractivity contribution in [2.45, 2.75) is 33.2 Å². The quantitative estimate of drug-likeness (QED) is 0.896. The SMILES string of the molecule is Cc1cc(C)c(NC(=O)CN(C)C2CCNC2)c(C)c1.Cl. The molecule has 0 aromatic heterocycles. The Morgan fingerprint density at radius 1 is 1.33 bits per heavy atom. The van der Waals surface area contributed by atoms with Crippen molar-refractivity contribution in [1.29, 1.82) is 0 Å². The lowest BCUT2D eigenvalue weighted by Gasteiger charge is -2.23. The molecule has 1 aromatic rings. The second-order valence-corrected chi connectivity index (χ2v) is 5.88. The summed E-state index contributed by atoms with van der Waals surface area (Å²) in [6.07, 6.45) is 1.12. The van der Waals surface area contributed by atoms with Crippen molar-refractivity contribution in [2.75, 3.05) is 32.0 Å². The minimum Gasteiger partial charge on any atom is -0.324 e. The summed E-state index contributed by atoms with van der Waals surface area (Å²) in [5.74, 6) is 0.0643. The van der Waals surface area contributed by atoms with E-state index in [2.05, 4.69) is 34.6 Å². The first-order valence-corrected chi connectivity index (χ1v) is 7.26. The van der Waals surface area contributed by atoms with Crippen LogP contribution in [0.5, 0.6) is 0 Å². The van der Waals surface area contributed by atoms with Crippen LogP contribution in [0.4, 0.5) is 5.69 Å². The molecule has 118 valence electrons. The number of halogens is 1. The number of hydrogen-bond acceptors (Lipinski definition) is 3. The van der Waals surface area contributed by atoms with Gasteiger partial charge in [0.05, 0.1) is 6.54 Å². The van der Waals surface area contributed by atoms with Crippen molar-refractivity contribution in [3.63, 3.8) is 0 Å². The number of amides is 1. The molecular formula is C16H26ClN3O. The predicted octanol–water partition coefficient (Wildman–Crippen LogP) is 2.27. The molecular weight excluding hydrogens is 286 g/mol. The van der Waals surface area contributed by atoms with Crippen LogP contribution in [0, 0.1) is 20.8 Å². The highest BCUT2D eigenvalue weighted by Crippen LogP contribution is 2.21. The number of carbonyl (C=O) groups excluding carboxylic acids is 1. The van der Waals surface area contributed by atoms with Crippen molar-refractivity contribution < 1.29 is 4.79 Å². The molecule has 1 unspecified atom stereocenters. The van der Waals surface area contributed by atoms with Gasteiger partial charge in [-0.15, -0.1) is 12.4 Å². The van der Waals surface area contributed by atoms with E-state index in [1.807, 2.05) is 20.9 Å². The number of carbonyl (C=O) groups is 1. The third-order valence-electron chi connectivity index (χ3n) is 3.99. The Labute approximate surface area is 133 Å². The molecule has 0 radical (unpaired) electrons. The third-order valence-corrected chi connectivity index (χ3v) is 3.99. The molecule has 1 saturated heterocycles. The van der Waals surface area contributed by atoms with Crippen LogP contribution in [0.15, 0.2) is 12.1 Å². The lowest BCUT2D eigenvalue weighted by Crippen LogP contribution is -2.39. The van der Waals surface area contributed by atoms with E-state index in [1.165, 1.54) is 5.56 Å². The van der Waals surface area contributed by atoms with E-state index in [4.69, 9.17) is 0 Å². The Bertz CT molecular complexity index is 475. The minimum atomic E-state index is 0. The summed E-state index contributed by atoms with van der Waals surface area (Å²) in [4.78, 5) is 14.3. The number of aryl methyl sites for hydroxylation is 3. The summed E-state index contributed by atoms with van der Waals surface area (Å²) in [5.41, 5.74) is 4.44. The molecule has 1 aliphatic rings. The van der Waals surface area contributed by atoms with E-state index in [1.54, 1.807) is 0 Å². The zero-order valence-electron chi connectivity index (χ0n) is 13.3. The Morgan fingerprint density at radius 3 is 2.48 bits per heavy atom. The summed E-state index contributed by atoms with van der Waals surface area (Å²) in [5, 5.41) is 6.39. The highest BCUT2D eigenvalue weighted by Gasteiger charge is 2.21. The van der Waals surface area contributed by atoms with E-state index < -0.39 is 0 Å². The van der Waals surface area contributed by atoms with Gasteiger partial charge in [-0.3, -0.25) is 9.69 Å². The second kappa shape index (κ2) is 7.78. The Balaban J connectivity index is 0.00000220. The molecule has 21 heavy (non-hydrogen) atoms. The summed E-state index contributed by atoms with van der Waals surface area (Å²) in [6.45, 7) is 8.63. The van der Waals surface area contributed by atoms with Crippen LogP contribution in [-0.2, 0) is 4.79 Å². The Kier molecular flexibility index (Phi) is 6.65. The predicted molar refractivity (Wildman–Crippen MR) is 90.4 cm³/mol. The topological polar surface area (TPSA) is 44.4 Å². The first-order valence-electron chi connectivity index (χ1n) is 7.26. The highest BCUT2D eigenvalue weighted by atomic mass is 35.5. The number of likely N-dealkylation sites (N-methyl/N-ethyl adjacent to an activating group) is 1. The number of nitrogens with zero attached hydrogens (tertiary/aromatic N) is 1. The van der Waals surface area contributed by atoms with Crippen molar-refractivity contribution in [2.24, 2.45) is 0 Å². The van der Waals surface area contributed by atoms with Gasteiger partial charge in [0.15, 0.2) is 0 Å². The highest BCUT2D eigenvalue weighted by molar-refractivity contribution is 5.93. The fourth-order valence-corrected chi connectivity index (χ4v) is 2.93. The van der Waals surface area contributed by atoms with Gasteiger partial charge in [-0.1, -0.05) is 17.7 Å². The molecule has 1 fully saturated rings. The van der Waals surface area contributed by atoms with Crippen molar-refractivity contribution in [1.82, 2.24) is 10.2 Å². The van der Waals surface area contributed by atoms with E-state index in [0.717, 1.165) is 36.3 Å². The maximum atomic E-state index is 12.2. The lowest BCUT2D eigenvalue weighted by molar-refractivity contribution is -0.117. The fourth-order valence-electron chi connectivity index (χ4n) is 2.93. The number of anilines is 1. The minimum absolute atomic E-state index is 0. The van der Waals surface area contributed by atoms with Gasteiger partial charge in [0.25, 0.3) is 0 Å². The molecule has 2 rings (SSSR count). The average molecular weight is 312 g/mol. The zero-order valence-corrected chi connectivity index (χ0v) is 14.1. The molecule has 1 aliphatic heterocycles. The van der Waals surface area contributed by atoms with Gasteiger partial charge in [0.1, 0.15) is 0 Å². The molecule has 1 aromatic carbocycles. The summed E-state index contributed by atoms with van der Waals surface area (Å²) >= 11 is 0. The molecule has 0 saturated carbocycles. The summed E-state index contributed by atoms with van der Waals surface area (Å²) < 4.78 is 0. The lowest BCUT2D eigenvalue weighted by atomic mass is 10.1. The third kappa shape index (κ3) is 4.70. The van der Waals surface area contributed by atoms with Gasteiger partial charge in [0.2, 0.25) is 5.91 Å². The molecule has 2 N–H and O–H groups in total. The van der Waals surface area contributed by atoms with E-state index >= 15 is 0 Å². The largest absolute Gasteiger partial charge is 0.324 e. The van der Waals surface area contributed by atoms with Crippen molar-refractivity contribution in [3.05, 3.63) is 28.8 Å². The molecule has 5 heteroatoms. The standard InChI is InChI=1S/C16H25N3O.ClH/c1-11-7-12(2)16(13(3)8-11)18-15(20)10-19(4)14-5-6-17-9-14;/h7-8,14,17H,5-6,9-10H2,1-4H3,(H,18,20);1H. The van der Waals surface area contributed by atoms with Gasteiger partial charge < -0.3 is 10.6 Å². The first-order chi connectivity index (χ1) is 9.47. The van der Waals surface area contributed by atoms with Crippen LogP contribution in [0.2, 0.25) is 0 Å². The van der Waals surface area contributed by atoms with Crippen LogP contribution < -0.4 is 10.6 Å². The van der Waals surface area contributed by atoms with Crippen molar-refractivity contribution >= 4 is 24.0 Å². The van der Waals surface area contributed by atoms with Crippen LogP contribution in [-0.4, -0.2) is 43.5 Å².